The number of aliphatic hydroxyl groups is 1. The molecule has 1 N–H and O–H groups in total. The van der Waals surface area contributed by atoms with Crippen LogP contribution in [0.5, 0.6) is 5.75 Å². The second kappa shape index (κ2) is 10.5. The summed E-state index contributed by atoms with van der Waals surface area (Å²) in [6.45, 7) is 9.21. The van der Waals surface area contributed by atoms with Crippen molar-refractivity contribution in [2.75, 3.05) is 13.2 Å². The van der Waals surface area contributed by atoms with Gasteiger partial charge in [-0.15, -0.1) is 0 Å². The fraction of sp³-hybridized carbons (Fsp3) is 0.407. The third-order valence-corrected chi connectivity index (χ3v) is 5.72. The number of aryl methyl sites for hydroxylation is 1. The van der Waals surface area contributed by atoms with Crippen molar-refractivity contribution in [3.05, 3.63) is 70.8 Å². The van der Waals surface area contributed by atoms with Crippen molar-refractivity contribution in [2.24, 2.45) is 5.92 Å². The molecule has 1 heterocycles. The van der Waals surface area contributed by atoms with E-state index in [0.29, 0.717) is 30.4 Å². The molecule has 3 rings (SSSR count). The van der Waals surface area contributed by atoms with Crippen LogP contribution >= 0.6 is 0 Å². The minimum Gasteiger partial charge on any atom is -0.507 e. The summed E-state index contributed by atoms with van der Waals surface area (Å²) in [6.07, 6.45) is 2.80. The van der Waals surface area contributed by atoms with E-state index < -0.39 is 17.7 Å². The van der Waals surface area contributed by atoms with Crippen molar-refractivity contribution in [1.82, 2.24) is 4.90 Å². The minimum absolute atomic E-state index is 0.141. The topological polar surface area (TPSA) is 66.8 Å². The molecule has 0 radical (unpaired) electrons. The van der Waals surface area contributed by atoms with Gasteiger partial charge in [0.25, 0.3) is 11.7 Å². The molecule has 1 unspecified atom stereocenters. The lowest BCUT2D eigenvalue weighted by molar-refractivity contribution is -0.139. The molecule has 0 bridgehead atoms. The van der Waals surface area contributed by atoms with E-state index in [1.165, 1.54) is 0 Å². The fourth-order valence-electron chi connectivity index (χ4n) is 4.01. The number of carbonyl (C=O) groups is 2. The molecular weight excluding hydrogens is 402 g/mol. The van der Waals surface area contributed by atoms with Crippen LogP contribution in [-0.2, 0) is 9.59 Å². The lowest BCUT2D eigenvalue weighted by Crippen LogP contribution is -2.31. The summed E-state index contributed by atoms with van der Waals surface area (Å²) in [5.41, 5.74) is 2.44. The Kier molecular flexibility index (Phi) is 7.73. The van der Waals surface area contributed by atoms with Gasteiger partial charge >= 0.3 is 0 Å². The number of hydrogen-bond donors (Lipinski definition) is 1. The summed E-state index contributed by atoms with van der Waals surface area (Å²) >= 11 is 0. The first-order chi connectivity index (χ1) is 15.3. The van der Waals surface area contributed by atoms with Gasteiger partial charge in [0.1, 0.15) is 11.5 Å². The zero-order chi connectivity index (χ0) is 23.3. The van der Waals surface area contributed by atoms with Gasteiger partial charge in [0.15, 0.2) is 0 Å². The van der Waals surface area contributed by atoms with Gasteiger partial charge in [0, 0.05) is 12.1 Å². The lowest BCUT2D eigenvalue weighted by Gasteiger charge is -2.26. The molecule has 1 saturated heterocycles. The maximum absolute atomic E-state index is 13.1. The van der Waals surface area contributed by atoms with Crippen LogP contribution in [0.4, 0.5) is 0 Å². The van der Waals surface area contributed by atoms with Gasteiger partial charge in [0.2, 0.25) is 0 Å². The van der Waals surface area contributed by atoms with E-state index in [0.717, 1.165) is 30.4 Å². The third kappa shape index (κ3) is 5.04. The number of rotatable bonds is 9. The zero-order valence-corrected chi connectivity index (χ0v) is 19.4. The number of ether oxygens (including phenoxy) is 1. The van der Waals surface area contributed by atoms with Crippen molar-refractivity contribution in [3.8, 4) is 5.75 Å². The highest BCUT2D eigenvalue weighted by atomic mass is 16.5. The predicted octanol–water partition coefficient (Wildman–Crippen LogP) is 5.64. The molecule has 0 saturated carbocycles. The van der Waals surface area contributed by atoms with Gasteiger partial charge in [-0.2, -0.15) is 0 Å². The molecule has 32 heavy (non-hydrogen) atoms. The molecule has 0 aromatic heterocycles. The molecule has 0 aliphatic carbocycles. The van der Waals surface area contributed by atoms with Crippen molar-refractivity contribution >= 4 is 17.4 Å². The van der Waals surface area contributed by atoms with E-state index in [9.17, 15) is 14.7 Å². The quantitative estimate of drug-likeness (QED) is 0.239. The summed E-state index contributed by atoms with van der Waals surface area (Å²) < 4.78 is 5.79. The van der Waals surface area contributed by atoms with Crippen LogP contribution in [-0.4, -0.2) is 34.8 Å². The number of Topliss-reactive ketones (excluding diaryl/α,β-unsaturated/α-hetero) is 1. The van der Waals surface area contributed by atoms with Crippen LogP contribution in [0.1, 0.15) is 62.8 Å². The van der Waals surface area contributed by atoms with Crippen LogP contribution in [0.25, 0.3) is 5.76 Å². The summed E-state index contributed by atoms with van der Waals surface area (Å²) in [5.74, 6) is -0.373. The van der Waals surface area contributed by atoms with E-state index in [1.807, 2.05) is 37.3 Å². The average Bonchev–Trinajstić information content (AvgIpc) is 3.03. The van der Waals surface area contributed by atoms with Gasteiger partial charge in [-0.3, -0.25) is 9.59 Å². The lowest BCUT2D eigenvalue weighted by atomic mass is 9.92. The standard InChI is InChI=1S/C27H33NO4/c1-5-6-9-15-28-24(22-14-8-7-11-19(22)4)23(26(30)27(28)31)25(29)20-12-10-13-21(16-20)32-17-18(2)3/h7-8,10-14,16,18,24,29H,5-6,9,15,17H2,1-4H3/b25-23+. The van der Waals surface area contributed by atoms with Gasteiger partial charge < -0.3 is 14.7 Å². The van der Waals surface area contributed by atoms with E-state index in [4.69, 9.17) is 4.74 Å². The highest BCUT2D eigenvalue weighted by Gasteiger charge is 2.46. The Bertz CT molecular complexity index is 1010. The molecule has 2 aromatic carbocycles. The van der Waals surface area contributed by atoms with E-state index in [2.05, 4.69) is 20.8 Å². The van der Waals surface area contributed by atoms with Crippen molar-refractivity contribution in [3.63, 3.8) is 0 Å². The van der Waals surface area contributed by atoms with Crippen molar-refractivity contribution in [1.29, 1.82) is 0 Å². The molecule has 1 atom stereocenters. The third-order valence-electron chi connectivity index (χ3n) is 5.72. The summed E-state index contributed by atoms with van der Waals surface area (Å²) in [5, 5.41) is 11.2. The highest BCUT2D eigenvalue weighted by molar-refractivity contribution is 6.46. The number of amides is 1. The SMILES string of the molecule is CCCCCN1C(=O)C(=O)/C(=C(/O)c2cccc(OCC(C)C)c2)C1c1ccccc1C. The number of ketones is 1. The molecule has 1 aliphatic heterocycles. The van der Waals surface area contributed by atoms with Crippen molar-refractivity contribution in [2.45, 2.75) is 53.0 Å². The molecule has 1 amide bonds. The fourth-order valence-corrected chi connectivity index (χ4v) is 4.01. The zero-order valence-electron chi connectivity index (χ0n) is 19.4. The molecule has 0 spiro atoms. The Morgan fingerprint density at radius 1 is 1.09 bits per heavy atom. The van der Waals surface area contributed by atoms with Crippen LogP contribution in [0.2, 0.25) is 0 Å². The molecule has 2 aromatic rings. The first kappa shape index (κ1) is 23.6. The monoisotopic (exact) mass is 435 g/mol. The Labute approximate surface area is 190 Å². The van der Waals surface area contributed by atoms with E-state index in [-0.39, 0.29) is 11.3 Å². The summed E-state index contributed by atoms with van der Waals surface area (Å²) in [7, 11) is 0. The first-order valence-electron chi connectivity index (χ1n) is 11.4. The number of aliphatic hydroxyl groups excluding tert-OH is 1. The van der Waals surface area contributed by atoms with Gasteiger partial charge in [-0.05, 0) is 42.5 Å². The largest absolute Gasteiger partial charge is 0.507 e. The van der Waals surface area contributed by atoms with Gasteiger partial charge in [-0.1, -0.05) is 70.0 Å². The molecule has 5 nitrogen and oxygen atoms in total. The minimum atomic E-state index is -0.638. The van der Waals surface area contributed by atoms with E-state index >= 15 is 0 Å². The molecule has 1 aliphatic rings. The van der Waals surface area contributed by atoms with Gasteiger partial charge in [-0.25, -0.2) is 0 Å². The summed E-state index contributed by atoms with van der Waals surface area (Å²) in [4.78, 5) is 27.7. The Hall–Kier alpha value is -3.08. The summed E-state index contributed by atoms with van der Waals surface area (Å²) in [6, 6.07) is 14.2. The van der Waals surface area contributed by atoms with Crippen LogP contribution in [0, 0.1) is 12.8 Å². The van der Waals surface area contributed by atoms with Crippen LogP contribution < -0.4 is 4.74 Å². The maximum Gasteiger partial charge on any atom is 0.295 e. The second-order valence-electron chi connectivity index (χ2n) is 8.79. The molecule has 1 fully saturated rings. The number of carbonyl (C=O) groups excluding carboxylic acids is 2. The predicted molar refractivity (Wildman–Crippen MR) is 126 cm³/mol. The van der Waals surface area contributed by atoms with Crippen LogP contribution in [0.3, 0.4) is 0 Å². The number of benzene rings is 2. The normalized spacial score (nSPS) is 17.9. The molecular formula is C27H33NO4. The van der Waals surface area contributed by atoms with Crippen molar-refractivity contribution < 1.29 is 19.4 Å². The van der Waals surface area contributed by atoms with E-state index in [1.54, 1.807) is 23.1 Å². The molecule has 5 heteroatoms. The highest BCUT2D eigenvalue weighted by Crippen LogP contribution is 2.41. The number of hydrogen-bond acceptors (Lipinski definition) is 4. The first-order valence-corrected chi connectivity index (χ1v) is 11.4. The number of nitrogens with zero attached hydrogens (tertiary/aromatic N) is 1. The Balaban J connectivity index is 2.08. The number of likely N-dealkylation sites (tertiary alicyclic amines) is 1. The number of unbranched alkanes of at least 4 members (excludes halogenated alkanes) is 2. The second-order valence-corrected chi connectivity index (χ2v) is 8.79. The van der Waals surface area contributed by atoms with Crippen LogP contribution in [0.15, 0.2) is 54.1 Å². The Morgan fingerprint density at radius 3 is 2.53 bits per heavy atom. The smallest absolute Gasteiger partial charge is 0.295 e. The molecule has 170 valence electrons. The maximum atomic E-state index is 13.1. The Morgan fingerprint density at radius 2 is 1.84 bits per heavy atom. The van der Waals surface area contributed by atoms with Gasteiger partial charge in [0.05, 0.1) is 18.2 Å². The average molecular weight is 436 g/mol.